The molecule has 2 aliphatic rings. The van der Waals surface area contributed by atoms with Gasteiger partial charge in [-0.1, -0.05) is 32.0 Å². The predicted molar refractivity (Wildman–Crippen MR) is 123 cm³/mol. The lowest BCUT2D eigenvalue weighted by atomic mass is 9.94. The fourth-order valence-corrected chi connectivity index (χ4v) is 4.67. The van der Waals surface area contributed by atoms with Gasteiger partial charge in [-0.15, -0.1) is 0 Å². The highest BCUT2D eigenvalue weighted by atomic mass is 16.5. The second-order valence-electron chi connectivity index (χ2n) is 9.43. The Kier molecular flexibility index (Phi) is 8.32. The Balaban J connectivity index is 1.48. The Morgan fingerprint density at radius 1 is 1.06 bits per heavy atom. The van der Waals surface area contributed by atoms with Gasteiger partial charge in [-0.3, -0.25) is 9.69 Å². The van der Waals surface area contributed by atoms with Crippen LogP contribution in [0.2, 0.25) is 0 Å². The number of ether oxygens (including phenoxy) is 1. The third-order valence-electron chi connectivity index (χ3n) is 6.19. The van der Waals surface area contributed by atoms with Gasteiger partial charge in [0, 0.05) is 38.4 Å². The molecule has 3 rings (SSSR count). The van der Waals surface area contributed by atoms with Crippen molar-refractivity contribution < 1.29 is 14.3 Å². The van der Waals surface area contributed by atoms with E-state index in [2.05, 4.69) is 29.4 Å². The number of amides is 3. The summed E-state index contributed by atoms with van der Waals surface area (Å²) in [5.41, 5.74) is 0.711. The quantitative estimate of drug-likeness (QED) is 0.727. The van der Waals surface area contributed by atoms with E-state index < -0.39 is 6.04 Å². The second-order valence-corrected chi connectivity index (χ2v) is 9.43. The first-order valence-corrected chi connectivity index (χ1v) is 11.6. The van der Waals surface area contributed by atoms with E-state index in [0.29, 0.717) is 11.6 Å². The summed E-state index contributed by atoms with van der Waals surface area (Å²) < 4.78 is 5.84. The van der Waals surface area contributed by atoms with E-state index in [0.717, 1.165) is 45.6 Å². The maximum atomic E-state index is 13.2. The van der Waals surface area contributed by atoms with E-state index in [1.807, 2.05) is 49.1 Å². The first-order valence-electron chi connectivity index (χ1n) is 11.6. The maximum Gasteiger partial charge on any atom is 0.319 e. The standard InChI is InChI=1S/C24H38N4O3/c1-17(2)22(26-24(30)25-21-8-6-5-7-9-21)23(29)28-12-10-20(11-13-28)16-27-14-18(3)31-19(4)15-27/h5-9,17-20,22H,10-16H2,1-4H3,(H2,25,26,30). The smallest absolute Gasteiger partial charge is 0.319 e. The van der Waals surface area contributed by atoms with Gasteiger partial charge in [0.1, 0.15) is 6.04 Å². The van der Waals surface area contributed by atoms with E-state index in [4.69, 9.17) is 4.74 Å². The van der Waals surface area contributed by atoms with Crippen molar-refractivity contribution in [2.75, 3.05) is 38.0 Å². The molecule has 0 bridgehead atoms. The van der Waals surface area contributed by atoms with Crippen molar-refractivity contribution >= 4 is 17.6 Å². The van der Waals surface area contributed by atoms with Crippen molar-refractivity contribution in [3.05, 3.63) is 30.3 Å². The van der Waals surface area contributed by atoms with Crippen LogP contribution in [0.4, 0.5) is 10.5 Å². The summed E-state index contributed by atoms with van der Waals surface area (Å²) in [6.45, 7) is 12.8. The number of para-hydroxylation sites is 1. The molecule has 3 unspecified atom stereocenters. The van der Waals surface area contributed by atoms with Gasteiger partial charge in [-0.25, -0.2) is 4.79 Å². The minimum Gasteiger partial charge on any atom is -0.373 e. The van der Waals surface area contributed by atoms with Crippen molar-refractivity contribution in [3.8, 4) is 0 Å². The molecule has 2 saturated heterocycles. The van der Waals surface area contributed by atoms with Gasteiger partial charge >= 0.3 is 6.03 Å². The van der Waals surface area contributed by atoms with Crippen LogP contribution in [0.5, 0.6) is 0 Å². The summed E-state index contributed by atoms with van der Waals surface area (Å²) in [6.07, 6.45) is 2.58. The highest BCUT2D eigenvalue weighted by Gasteiger charge is 2.32. The van der Waals surface area contributed by atoms with Gasteiger partial charge in [-0.05, 0) is 50.7 Å². The Labute approximate surface area is 186 Å². The molecule has 3 amide bonds. The van der Waals surface area contributed by atoms with E-state index in [1.165, 1.54) is 0 Å². The molecule has 0 aromatic heterocycles. The third kappa shape index (κ3) is 6.94. The van der Waals surface area contributed by atoms with Crippen molar-refractivity contribution in [3.63, 3.8) is 0 Å². The Morgan fingerprint density at radius 2 is 1.68 bits per heavy atom. The molecule has 2 heterocycles. The highest BCUT2D eigenvalue weighted by Crippen LogP contribution is 2.22. The largest absolute Gasteiger partial charge is 0.373 e. The topological polar surface area (TPSA) is 73.9 Å². The molecule has 3 atom stereocenters. The van der Waals surface area contributed by atoms with Crippen molar-refractivity contribution in [2.24, 2.45) is 11.8 Å². The number of nitrogens with one attached hydrogen (secondary N) is 2. The first-order chi connectivity index (χ1) is 14.8. The fourth-order valence-electron chi connectivity index (χ4n) is 4.67. The van der Waals surface area contributed by atoms with Crippen LogP contribution in [0.3, 0.4) is 0 Å². The molecule has 2 N–H and O–H groups in total. The van der Waals surface area contributed by atoms with Gasteiger partial charge in [0.25, 0.3) is 0 Å². The maximum absolute atomic E-state index is 13.2. The van der Waals surface area contributed by atoms with Crippen LogP contribution in [0.1, 0.15) is 40.5 Å². The van der Waals surface area contributed by atoms with E-state index >= 15 is 0 Å². The molecule has 0 radical (unpaired) electrons. The number of morpholine rings is 1. The zero-order valence-corrected chi connectivity index (χ0v) is 19.3. The Bertz CT molecular complexity index is 709. The van der Waals surface area contributed by atoms with Gasteiger partial charge in [0.15, 0.2) is 0 Å². The number of anilines is 1. The molecule has 1 aromatic carbocycles. The van der Waals surface area contributed by atoms with E-state index in [9.17, 15) is 9.59 Å². The highest BCUT2D eigenvalue weighted by molar-refractivity contribution is 5.93. The number of urea groups is 1. The summed E-state index contributed by atoms with van der Waals surface area (Å²) in [5, 5.41) is 5.69. The Hall–Kier alpha value is -2.12. The zero-order valence-electron chi connectivity index (χ0n) is 19.3. The van der Waals surface area contributed by atoms with Crippen LogP contribution in [0.25, 0.3) is 0 Å². The normalized spacial score (nSPS) is 24.1. The average molecular weight is 431 g/mol. The van der Waals surface area contributed by atoms with E-state index in [1.54, 1.807) is 0 Å². The van der Waals surface area contributed by atoms with Crippen LogP contribution in [-0.4, -0.2) is 72.7 Å². The van der Waals surface area contributed by atoms with Crippen molar-refractivity contribution in [2.45, 2.75) is 58.8 Å². The molecule has 2 aliphatic heterocycles. The Morgan fingerprint density at radius 3 is 2.26 bits per heavy atom. The number of hydrogen-bond donors (Lipinski definition) is 2. The fraction of sp³-hybridized carbons (Fsp3) is 0.667. The van der Waals surface area contributed by atoms with Crippen LogP contribution in [-0.2, 0) is 9.53 Å². The number of rotatable bonds is 6. The molecule has 2 fully saturated rings. The summed E-state index contributed by atoms with van der Waals surface area (Å²) >= 11 is 0. The molecule has 0 spiro atoms. The predicted octanol–water partition coefficient (Wildman–Crippen LogP) is 3.18. The minimum absolute atomic E-state index is 0.0167. The average Bonchev–Trinajstić information content (AvgIpc) is 2.72. The number of carbonyl (C=O) groups excluding carboxylic acids is 2. The van der Waals surface area contributed by atoms with Gasteiger partial charge in [0.05, 0.1) is 12.2 Å². The van der Waals surface area contributed by atoms with Crippen molar-refractivity contribution in [1.29, 1.82) is 0 Å². The van der Waals surface area contributed by atoms with Crippen molar-refractivity contribution in [1.82, 2.24) is 15.1 Å². The molecule has 7 nitrogen and oxygen atoms in total. The number of hydrogen-bond acceptors (Lipinski definition) is 4. The molecule has 0 aliphatic carbocycles. The number of benzene rings is 1. The monoisotopic (exact) mass is 430 g/mol. The lowest BCUT2D eigenvalue weighted by Gasteiger charge is -2.40. The first kappa shape index (κ1) is 23.5. The lowest BCUT2D eigenvalue weighted by Crippen LogP contribution is -2.54. The van der Waals surface area contributed by atoms with Gasteiger partial charge < -0.3 is 20.3 Å². The summed E-state index contributed by atoms with van der Waals surface area (Å²) in [6, 6.07) is 8.41. The SMILES string of the molecule is CC1CN(CC2CCN(C(=O)C(NC(=O)Nc3ccccc3)C(C)C)CC2)CC(C)O1. The number of piperidine rings is 1. The van der Waals surface area contributed by atoms with Crippen LogP contribution >= 0.6 is 0 Å². The summed E-state index contributed by atoms with van der Waals surface area (Å²) in [4.78, 5) is 30.0. The summed E-state index contributed by atoms with van der Waals surface area (Å²) in [5.74, 6) is 0.640. The lowest BCUT2D eigenvalue weighted by molar-refractivity contribution is -0.135. The van der Waals surface area contributed by atoms with Crippen LogP contribution in [0.15, 0.2) is 30.3 Å². The van der Waals surface area contributed by atoms with Gasteiger partial charge in [0.2, 0.25) is 5.91 Å². The number of likely N-dealkylation sites (tertiary alicyclic amines) is 1. The molecule has 1 aromatic rings. The van der Waals surface area contributed by atoms with Crippen LogP contribution in [0, 0.1) is 11.8 Å². The summed E-state index contributed by atoms with van der Waals surface area (Å²) in [7, 11) is 0. The number of nitrogens with zero attached hydrogens (tertiary/aromatic N) is 2. The second kappa shape index (κ2) is 11.0. The minimum atomic E-state index is -0.527. The molecule has 7 heteroatoms. The molecule has 172 valence electrons. The third-order valence-corrected chi connectivity index (χ3v) is 6.19. The number of carbonyl (C=O) groups is 2. The molecule has 0 saturated carbocycles. The molecule has 31 heavy (non-hydrogen) atoms. The zero-order chi connectivity index (χ0) is 22.4. The molecular formula is C24H38N4O3. The van der Waals surface area contributed by atoms with Gasteiger partial charge in [-0.2, -0.15) is 0 Å². The van der Waals surface area contributed by atoms with E-state index in [-0.39, 0.29) is 30.1 Å². The molecular weight excluding hydrogens is 392 g/mol. The van der Waals surface area contributed by atoms with Crippen LogP contribution < -0.4 is 10.6 Å².